The topological polar surface area (TPSA) is 102 Å². The molecule has 2 N–H and O–H groups in total. The van der Waals surface area contributed by atoms with Crippen LogP contribution in [0.2, 0.25) is 0 Å². The summed E-state index contributed by atoms with van der Waals surface area (Å²) in [5.41, 5.74) is 0.543. The maximum absolute atomic E-state index is 14.7. The zero-order chi connectivity index (χ0) is 21.8. The third-order valence-electron chi connectivity index (χ3n) is 4.93. The van der Waals surface area contributed by atoms with E-state index < -0.39 is 37.0 Å². The number of carbonyl (C=O) groups is 3. The van der Waals surface area contributed by atoms with Gasteiger partial charge in [0.15, 0.2) is 0 Å². The standard InChI is InChI=1S/C18H21F3N4O5/c19-13-7-11(25-9-12(30-18(25)29)8-22-17(28)16(20)21)1-2-14(13)23-3-5-24(6-4-23)15(27)10-26/h1-2,7,12,16,26H,3-6,8-10H2,(H,22,28)/t12-/m0/s1. The Morgan fingerprint density at radius 3 is 2.53 bits per heavy atom. The molecule has 0 unspecified atom stereocenters. The Morgan fingerprint density at radius 1 is 1.23 bits per heavy atom. The lowest BCUT2D eigenvalue weighted by Crippen LogP contribution is -2.49. The molecule has 3 amide bonds. The zero-order valence-electron chi connectivity index (χ0n) is 15.9. The molecule has 1 atom stereocenters. The van der Waals surface area contributed by atoms with Crippen molar-refractivity contribution in [3.63, 3.8) is 0 Å². The molecule has 9 nitrogen and oxygen atoms in total. The highest BCUT2D eigenvalue weighted by atomic mass is 19.3. The number of halogens is 3. The van der Waals surface area contributed by atoms with Gasteiger partial charge in [0.1, 0.15) is 18.5 Å². The lowest BCUT2D eigenvalue weighted by Gasteiger charge is -2.36. The molecular formula is C18H21F3N4O5. The summed E-state index contributed by atoms with van der Waals surface area (Å²) in [6, 6.07) is 4.21. The van der Waals surface area contributed by atoms with Crippen LogP contribution in [0.1, 0.15) is 0 Å². The van der Waals surface area contributed by atoms with Gasteiger partial charge in [-0.1, -0.05) is 0 Å². The Balaban J connectivity index is 1.61. The first-order valence-electron chi connectivity index (χ1n) is 9.27. The van der Waals surface area contributed by atoms with Crippen LogP contribution in [0.15, 0.2) is 18.2 Å². The Kier molecular flexibility index (Phi) is 6.65. The number of piperazine rings is 1. The molecule has 30 heavy (non-hydrogen) atoms. The Morgan fingerprint density at radius 2 is 1.93 bits per heavy atom. The fraction of sp³-hybridized carbons (Fsp3) is 0.500. The van der Waals surface area contributed by atoms with Gasteiger partial charge in [0.25, 0.3) is 5.91 Å². The van der Waals surface area contributed by atoms with E-state index in [0.717, 1.165) is 4.90 Å². The minimum atomic E-state index is -3.16. The summed E-state index contributed by atoms with van der Waals surface area (Å²) in [7, 11) is 0. The molecule has 0 aliphatic carbocycles. The van der Waals surface area contributed by atoms with Crippen molar-refractivity contribution in [2.45, 2.75) is 12.5 Å². The Bertz CT molecular complexity index is 817. The van der Waals surface area contributed by atoms with Gasteiger partial charge in [-0.15, -0.1) is 0 Å². The van der Waals surface area contributed by atoms with E-state index in [1.165, 1.54) is 23.1 Å². The predicted octanol–water partition coefficient (Wildman–Crippen LogP) is 0.173. The molecule has 12 heteroatoms. The first-order chi connectivity index (χ1) is 14.3. The van der Waals surface area contributed by atoms with Gasteiger partial charge in [-0.05, 0) is 18.2 Å². The van der Waals surface area contributed by atoms with Crippen molar-refractivity contribution in [3.8, 4) is 0 Å². The first kappa shape index (κ1) is 21.7. The number of rotatable bonds is 6. The van der Waals surface area contributed by atoms with Crippen LogP contribution >= 0.6 is 0 Å². The summed E-state index contributed by atoms with van der Waals surface area (Å²) in [4.78, 5) is 38.9. The second kappa shape index (κ2) is 9.20. The summed E-state index contributed by atoms with van der Waals surface area (Å²) in [5, 5.41) is 10.9. The number of benzene rings is 1. The average Bonchev–Trinajstić information content (AvgIpc) is 3.12. The highest BCUT2D eigenvalue weighted by Gasteiger charge is 2.33. The molecule has 0 radical (unpaired) electrons. The first-order valence-corrected chi connectivity index (χ1v) is 9.27. The van der Waals surface area contributed by atoms with Crippen LogP contribution in [-0.2, 0) is 14.3 Å². The van der Waals surface area contributed by atoms with E-state index in [-0.39, 0.29) is 24.7 Å². The van der Waals surface area contributed by atoms with Gasteiger partial charge in [0, 0.05) is 26.2 Å². The molecule has 2 heterocycles. The fourth-order valence-corrected chi connectivity index (χ4v) is 3.35. The van der Waals surface area contributed by atoms with Crippen molar-refractivity contribution in [3.05, 3.63) is 24.0 Å². The number of anilines is 2. The number of nitrogens with one attached hydrogen (secondary N) is 1. The summed E-state index contributed by atoms with van der Waals surface area (Å²) >= 11 is 0. The molecule has 3 rings (SSSR count). The van der Waals surface area contributed by atoms with E-state index >= 15 is 0 Å². The van der Waals surface area contributed by atoms with E-state index in [9.17, 15) is 27.6 Å². The number of nitrogens with zero attached hydrogens (tertiary/aromatic N) is 3. The molecule has 0 spiro atoms. The molecule has 2 aliphatic rings. The van der Waals surface area contributed by atoms with Crippen LogP contribution in [0.25, 0.3) is 0 Å². The zero-order valence-corrected chi connectivity index (χ0v) is 15.9. The van der Waals surface area contributed by atoms with Crippen LogP contribution < -0.4 is 15.1 Å². The third-order valence-corrected chi connectivity index (χ3v) is 4.93. The molecular weight excluding hydrogens is 409 g/mol. The van der Waals surface area contributed by atoms with Crippen LogP contribution in [0.5, 0.6) is 0 Å². The van der Waals surface area contributed by atoms with Crippen molar-refractivity contribution < 1.29 is 37.4 Å². The SMILES string of the molecule is O=C(NC[C@H]1CN(c2ccc(N3CCN(C(=O)CO)CC3)c(F)c2)C(=O)O1)C(F)F. The quantitative estimate of drug-likeness (QED) is 0.668. The summed E-state index contributed by atoms with van der Waals surface area (Å²) in [6.07, 6.45) is -4.77. The van der Waals surface area contributed by atoms with Crippen molar-refractivity contribution in [2.75, 3.05) is 55.7 Å². The van der Waals surface area contributed by atoms with Crippen molar-refractivity contribution in [2.24, 2.45) is 0 Å². The third kappa shape index (κ3) is 4.75. The molecule has 0 saturated carbocycles. The van der Waals surface area contributed by atoms with Gasteiger partial charge in [0.05, 0.1) is 24.5 Å². The van der Waals surface area contributed by atoms with E-state index in [1.807, 2.05) is 5.32 Å². The van der Waals surface area contributed by atoms with Gasteiger partial charge in [0.2, 0.25) is 5.91 Å². The molecule has 2 fully saturated rings. The van der Waals surface area contributed by atoms with Gasteiger partial charge in [-0.2, -0.15) is 8.78 Å². The molecule has 0 bridgehead atoms. The maximum Gasteiger partial charge on any atom is 0.414 e. The lowest BCUT2D eigenvalue weighted by molar-refractivity contribution is -0.134. The largest absolute Gasteiger partial charge is 0.442 e. The number of hydrogen-bond acceptors (Lipinski definition) is 6. The Labute approximate surface area is 170 Å². The van der Waals surface area contributed by atoms with E-state index in [0.29, 0.717) is 31.9 Å². The van der Waals surface area contributed by atoms with Crippen LogP contribution in [0.3, 0.4) is 0 Å². The molecule has 164 valence electrons. The summed E-state index contributed by atoms with van der Waals surface area (Å²) in [5.74, 6) is -2.41. The number of cyclic esters (lactones) is 1. The normalized spacial score (nSPS) is 19.3. The summed E-state index contributed by atoms with van der Waals surface area (Å²) < 4.78 is 44.2. The maximum atomic E-state index is 14.7. The molecule has 1 aromatic rings. The second-order valence-corrected chi connectivity index (χ2v) is 6.82. The van der Waals surface area contributed by atoms with Gasteiger partial charge in [-0.3, -0.25) is 14.5 Å². The van der Waals surface area contributed by atoms with E-state index in [1.54, 1.807) is 4.90 Å². The number of amides is 3. The van der Waals surface area contributed by atoms with Crippen molar-refractivity contribution in [1.29, 1.82) is 0 Å². The van der Waals surface area contributed by atoms with Crippen LogP contribution in [-0.4, -0.2) is 86.3 Å². The number of hydrogen-bond donors (Lipinski definition) is 2. The average molecular weight is 430 g/mol. The van der Waals surface area contributed by atoms with Gasteiger partial charge >= 0.3 is 12.5 Å². The van der Waals surface area contributed by atoms with E-state index in [4.69, 9.17) is 9.84 Å². The second-order valence-electron chi connectivity index (χ2n) is 6.82. The lowest BCUT2D eigenvalue weighted by atomic mass is 10.2. The number of alkyl halides is 2. The minimum Gasteiger partial charge on any atom is -0.442 e. The molecule has 2 aliphatic heterocycles. The molecule has 1 aromatic carbocycles. The van der Waals surface area contributed by atoms with Crippen LogP contribution in [0, 0.1) is 5.82 Å². The molecule has 2 saturated heterocycles. The number of ether oxygens (including phenoxy) is 1. The molecule has 0 aromatic heterocycles. The van der Waals surface area contributed by atoms with Gasteiger partial charge in [-0.25, -0.2) is 9.18 Å². The monoisotopic (exact) mass is 430 g/mol. The van der Waals surface area contributed by atoms with Crippen molar-refractivity contribution >= 4 is 29.3 Å². The highest BCUT2D eigenvalue weighted by molar-refractivity contribution is 5.90. The summed E-state index contributed by atoms with van der Waals surface area (Å²) in [6.45, 7) is 0.614. The number of aliphatic hydroxyl groups excluding tert-OH is 1. The minimum absolute atomic E-state index is 0.0247. The fourth-order valence-electron chi connectivity index (χ4n) is 3.35. The van der Waals surface area contributed by atoms with E-state index in [2.05, 4.69) is 0 Å². The number of carbonyl (C=O) groups excluding carboxylic acids is 3. The number of aliphatic hydroxyl groups is 1. The predicted molar refractivity (Wildman–Crippen MR) is 98.9 cm³/mol. The van der Waals surface area contributed by atoms with Crippen LogP contribution in [0.4, 0.5) is 29.3 Å². The highest BCUT2D eigenvalue weighted by Crippen LogP contribution is 2.28. The smallest absolute Gasteiger partial charge is 0.414 e. The van der Waals surface area contributed by atoms with Crippen molar-refractivity contribution in [1.82, 2.24) is 10.2 Å². The Hall–Kier alpha value is -3.02. The van der Waals surface area contributed by atoms with Gasteiger partial charge < -0.3 is 25.0 Å².